The number of piperidine rings is 1. The smallest absolute Gasteiger partial charge is 0.416 e. The van der Waals surface area contributed by atoms with E-state index in [1.165, 1.54) is 0 Å². The Labute approximate surface area is 117 Å². The van der Waals surface area contributed by atoms with Crippen LogP contribution in [0, 0.1) is 0 Å². The van der Waals surface area contributed by atoms with Crippen LogP contribution < -0.4 is 0 Å². The molecule has 0 saturated carbocycles. The summed E-state index contributed by atoms with van der Waals surface area (Å²) in [4.78, 5) is 24.2. The Bertz CT molecular complexity index is 477. The zero-order chi connectivity index (χ0) is 13.9. The van der Waals surface area contributed by atoms with E-state index < -0.39 is 16.9 Å². The predicted octanol–water partition coefficient (Wildman–Crippen LogP) is 2.90. The number of hydrogen-bond acceptors (Lipinski definition) is 3. The van der Waals surface area contributed by atoms with Crippen LogP contribution in [0.4, 0.5) is 4.79 Å². The fourth-order valence-corrected chi connectivity index (χ4v) is 2.61. The van der Waals surface area contributed by atoms with Crippen LogP contribution in [0.15, 0.2) is 30.3 Å². The Hall–Kier alpha value is -1.55. The monoisotopic (exact) mass is 281 g/mol. The number of carbonyl (C=O) groups excluding carboxylic acids is 2. The topological polar surface area (TPSA) is 46.6 Å². The summed E-state index contributed by atoms with van der Waals surface area (Å²) in [7, 11) is 0. The molecule has 1 aliphatic heterocycles. The maximum Gasteiger partial charge on any atom is 0.416 e. The lowest BCUT2D eigenvalue weighted by Gasteiger charge is -2.36. The van der Waals surface area contributed by atoms with E-state index in [2.05, 4.69) is 0 Å². The van der Waals surface area contributed by atoms with Crippen LogP contribution in [0.3, 0.4) is 0 Å². The number of amides is 2. The molecule has 0 aromatic heterocycles. The molecule has 0 radical (unpaired) electrons. The maximum absolute atomic E-state index is 12.5. The highest BCUT2D eigenvalue weighted by molar-refractivity contribution is 6.35. The molecule has 0 spiro atoms. The Balaban J connectivity index is 2.27. The first-order valence-corrected chi connectivity index (χ1v) is 6.70. The predicted molar refractivity (Wildman–Crippen MR) is 71.9 cm³/mol. The van der Waals surface area contributed by atoms with Gasteiger partial charge in [-0.3, -0.25) is 4.79 Å². The Morgan fingerprint density at radius 1 is 1.42 bits per heavy atom. The van der Waals surface area contributed by atoms with Crippen molar-refractivity contribution in [3.63, 3.8) is 0 Å². The molecular formula is C14H16ClNO3. The molecule has 0 N–H and O–H groups in total. The fraction of sp³-hybridized carbons (Fsp3) is 0.429. The SMILES string of the molecule is CCOC(=O)N1CCCC(Cl)(c2ccccc2)C1=O. The van der Waals surface area contributed by atoms with Crippen molar-refractivity contribution in [1.82, 2.24) is 4.90 Å². The van der Waals surface area contributed by atoms with Crippen molar-refractivity contribution in [2.24, 2.45) is 0 Å². The van der Waals surface area contributed by atoms with Crippen LogP contribution in [0.1, 0.15) is 25.3 Å². The molecule has 0 aliphatic carbocycles. The fourth-order valence-electron chi connectivity index (χ4n) is 2.25. The van der Waals surface area contributed by atoms with E-state index in [9.17, 15) is 9.59 Å². The van der Waals surface area contributed by atoms with Gasteiger partial charge in [0.15, 0.2) is 0 Å². The van der Waals surface area contributed by atoms with E-state index in [1.54, 1.807) is 19.1 Å². The van der Waals surface area contributed by atoms with Crippen molar-refractivity contribution in [1.29, 1.82) is 0 Å². The summed E-state index contributed by atoms with van der Waals surface area (Å²) in [5, 5.41) is 0. The third kappa shape index (κ3) is 2.59. The highest BCUT2D eigenvalue weighted by Gasteiger charge is 2.46. The molecule has 1 aliphatic rings. The van der Waals surface area contributed by atoms with Gasteiger partial charge in [0.2, 0.25) is 0 Å². The molecule has 2 amide bonds. The number of hydrogen-bond donors (Lipinski definition) is 0. The number of alkyl halides is 1. The average molecular weight is 282 g/mol. The van der Waals surface area contributed by atoms with Gasteiger partial charge < -0.3 is 4.74 Å². The van der Waals surface area contributed by atoms with E-state index >= 15 is 0 Å². The van der Waals surface area contributed by atoms with Gasteiger partial charge in [-0.05, 0) is 25.3 Å². The molecule has 0 bridgehead atoms. The maximum atomic E-state index is 12.5. The molecule has 2 rings (SSSR count). The molecular weight excluding hydrogens is 266 g/mol. The molecule has 19 heavy (non-hydrogen) atoms. The quantitative estimate of drug-likeness (QED) is 0.783. The zero-order valence-corrected chi connectivity index (χ0v) is 11.5. The molecule has 1 heterocycles. The van der Waals surface area contributed by atoms with Crippen LogP contribution in [0.2, 0.25) is 0 Å². The first kappa shape index (κ1) is 13.9. The molecule has 1 fully saturated rings. The summed E-state index contributed by atoms with van der Waals surface area (Å²) < 4.78 is 4.89. The van der Waals surface area contributed by atoms with Crippen molar-refractivity contribution in [2.45, 2.75) is 24.6 Å². The minimum Gasteiger partial charge on any atom is -0.449 e. The summed E-state index contributed by atoms with van der Waals surface area (Å²) in [5.74, 6) is -0.398. The van der Waals surface area contributed by atoms with Crippen molar-refractivity contribution < 1.29 is 14.3 Å². The van der Waals surface area contributed by atoms with E-state index in [4.69, 9.17) is 16.3 Å². The number of benzene rings is 1. The molecule has 1 aromatic carbocycles. The first-order valence-electron chi connectivity index (χ1n) is 6.32. The summed E-state index contributed by atoms with van der Waals surface area (Å²) >= 11 is 6.49. The van der Waals surface area contributed by atoms with E-state index in [0.29, 0.717) is 19.4 Å². The van der Waals surface area contributed by atoms with E-state index in [1.807, 2.05) is 18.2 Å². The van der Waals surface area contributed by atoms with Crippen LogP contribution in [-0.4, -0.2) is 30.1 Å². The van der Waals surface area contributed by atoms with E-state index in [0.717, 1.165) is 10.5 Å². The van der Waals surface area contributed by atoms with Crippen molar-refractivity contribution in [3.8, 4) is 0 Å². The Kier molecular flexibility index (Phi) is 4.10. The minimum atomic E-state index is -1.16. The Morgan fingerprint density at radius 2 is 2.11 bits per heavy atom. The normalized spacial score (nSPS) is 23.3. The lowest BCUT2D eigenvalue weighted by atomic mass is 9.89. The summed E-state index contributed by atoms with van der Waals surface area (Å²) in [6.45, 7) is 2.31. The van der Waals surface area contributed by atoms with Gasteiger partial charge in [-0.2, -0.15) is 0 Å². The summed E-state index contributed by atoms with van der Waals surface area (Å²) in [6, 6.07) is 9.13. The molecule has 1 aromatic rings. The number of carbonyl (C=O) groups is 2. The minimum absolute atomic E-state index is 0.239. The second kappa shape index (κ2) is 5.61. The average Bonchev–Trinajstić information content (AvgIpc) is 2.43. The van der Waals surface area contributed by atoms with Gasteiger partial charge in [0.25, 0.3) is 5.91 Å². The number of nitrogens with zero attached hydrogens (tertiary/aromatic N) is 1. The molecule has 1 unspecified atom stereocenters. The van der Waals surface area contributed by atoms with Gasteiger partial charge in [-0.15, -0.1) is 11.6 Å². The lowest BCUT2D eigenvalue weighted by molar-refractivity contribution is -0.135. The van der Waals surface area contributed by atoms with Crippen LogP contribution in [0.5, 0.6) is 0 Å². The number of halogens is 1. The second-order valence-corrected chi connectivity index (χ2v) is 5.07. The largest absolute Gasteiger partial charge is 0.449 e. The van der Waals surface area contributed by atoms with Gasteiger partial charge >= 0.3 is 6.09 Å². The molecule has 1 saturated heterocycles. The van der Waals surface area contributed by atoms with Crippen molar-refractivity contribution >= 4 is 23.6 Å². The molecule has 1 atom stereocenters. The van der Waals surface area contributed by atoms with Crippen LogP contribution in [0.25, 0.3) is 0 Å². The molecule has 5 heteroatoms. The van der Waals surface area contributed by atoms with E-state index in [-0.39, 0.29) is 6.61 Å². The molecule has 102 valence electrons. The van der Waals surface area contributed by atoms with Gasteiger partial charge in [-0.25, -0.2) is 9.69 Å². The number of likely N-dealkylation sites (tertiary alicyclic amines) is 1. The number of rotatable bonds is 2. The van der Waals surface area contributed by atoms with Gasteiger partial charge in [-0.1, -0.05) is 30.3 Å². The first-order chi connectivity index (χ1) is 9.09. The summed E-state index contributed by atoms with van der Waals surface area (Å²) in [6.07, 6.45) is 0.573. The third-order valence-corrected chi connectivity index (χ3v) is 3.78. The highest BCUT2D eigenvalue weighted by atomic mass is 35.5. The van der Waals surface area contributed by atoms with Gasteiger partial charge in [0.1, 0.15) is 4.87 Å². The van der Waals surface area contributed by atoms with Crippen LogP contribution in [-0.2, 0) is 14.4 Å². The van der Waals surface area contributed by atoms with Gasteiger partial charge in [0, 0.05) is 6.54 Å². The van der Waals surface area contributed by atoms with Gasteiger partial charge in [0.05, 0.1) is 6.61 Å². The van der Waals surface area contributed by atoms with Crippen molar-refractivity contribution in [2.75, 3.05) is 13.2 Å². The Morgan fingerprint density at radius 3 is 2.74 bits per heavy atom. The summed E-state index contributed by atoms with van der Waals surface area (Å²) in [5.41, 5.74) is 0.718. The third-order valence-electron chi connectivity index (χ3n) is 3.21. The molecule has 4 nitrogen and oxygen atoms in total. The number of imide groups is 1. The van der Waals surface area contributed by atoms with Crippen LogP contribution >= 0.6 is 11.6 Å². The highest BCUT2D eigenvalue weighted by Crippen LogP contribution is 2.39. The zero-order valence-electron chi connectivity index (χ0n) is 10.8. The number of ether oxygens (including phenoxy) is 1. The lowest BCUT2D eigenvalue weighted by Crippen LogP contribution is -2.51. The standard InChI is InChI=1S/C14H16ClNO3/c1-2-19-13(18)16-10-6-9-14(15,12(16)17)11-7-4-3-5-8-11/h3-5,7-8H,2,6,9-10H2,1H3. The van der Waals surface area contributed by atoms with Crippen molar-refractivity contribution in [3.05, 3.63) is 35.9 Å². The second-order valence-electron chi connectivity index (χ2n) is 4.43.